The van der Waals surface area contributed by atoms with Gasteiger partial charge in [-0.25, -0.2) is 4.39 Å². The molecule has 1 aliphatic rings. The number of hydrogen-bond acceptors (Lipinski definition) is 2. The molecule has 0 saturated carbocycles. The molecule has 0 spiro atoms. The maximum atomic E-state index is 13.0. The first-order chi connectivity index (χ1) is 8.25. The number of aliphatic hydroxyl groups excluding tert-OH is 1. The zero-order valence-corrected chi connectivity index (χ0v) is 9.77. The number of benzene rings is 1. The Bertz CT molecular complexity index is 392. The molecule has 2 atom stereocenters. The van der Waals surface area contributed by atoms with Crippen LogP contribution in [0.2, 0.25) is 0 Å². The van der Waals surface area contributed by atoms with E-state index in [0.717, 1.165) is 19.3 Å². The van der Waals surface area contributed by atoms with Crippen molar-refractivity contribution in [2.45, 2.75) is 31.4 Å². The molecule has 0 bridgehead atoms. The third-order valence-corrected chi connectivity index (χ3v) is 3.10. The average molecular weight is 235 g/mol. The molecular formula is C14H18FNO. The van der Waals surface area contributed by atoms with Gasteiger partial charge in [-0.05, 0) is 37.0 Å². The summed E-state index contributed by atoms with van der Waals surface area (Å²) in [7, 11) is 0. The van der Waals surface area contributed by atoms with Crippen LogP contribution in [0.25, 0.3) is 0 Å². The monoisotopic (exact) mass is 235 g/mol. The summed E-state index contributed by atoms with van der Waals surface area (Å²) in [4.78, 5) is 0. The van der Waals surface area contributed by atoms with E-state index in [1.165, 1.54) is 12.1 Å². The summed E-state index contributed by atoms with van der Waals surface area (Å²) in [6, 6.07) is 6.57. The average Bonchev–Trinajstić information content (AvgIpc) is 2.37. The van der Waals surface area contributed by atoms with Crippen LogP contribution in [0, 0.1) is 5.82 Å². The Kier molecular flexibility index (Phi) is 4.29. The Morgan fingerprint density at radius 3 is 3.00 bits per heavy atom. The minimum atomic E-state index is -0.642. The highest BCUT2D eigenvalue weighted by molar-refractivity contribution is 5.19. The zero-order chi connectivity index (χ0) is 12.1. The molecule has 0 radical (unpaired) electrons. The van der Waals surface area contributed by atoms with E-state index in [-0.39, 0.29) is 5.82 Å². The van der Waals surface area contributed by atoms with Gasteiger partial charge >= 0.3 is 0 Å². The summed E-state index contributed by atoms with van der Waals surface area (Å²) in [5.41, 5.74) is 0.629. The third-order valence-electron chi connectivity index (χ3n) is 3.10. The Labute approximate surface area is 101 Å². The quantitative estimate of drug-likeness (QED) is 0.786. The molecule has 0 saturated heterocycles. The molecule has 3 heteroatoms. The van der Waals surface area contributed by atoms with E-state index in [1.807, 2.05) is 0 Å². The maximum absolute atomic E-state index is 13.0. The summed E-state index contributed by atoms with van der Waals surface area (Å²) in [5, 5.41) is 13.2. The van der Waals surface area contributed by atoms with E-state index >= 15 is 0 Å². The Morgan fingerprint density at radius 2 is 2.29 bits per heavy atom. The Morgan fingerprint density at radius 1 is 1.41 bits per heavy atom. The van der Waals surface area contributed by atoms with Gasteiger partial charge in [-0.2, -0.15) is 0 Å². The summed E-state index contributed by atoms with van der Waals surface area (Å²) in [6.45, 7) is 0.474. The van der Waals surface area contributed by atoms with Gasteiger partial charge in [0.25, 0.3) is 0 Å². The molecular weight excluding hydrogens is 217 g/mol. The fourth-order valence-electron chi connectivity index (χ4n) is 2.09. The first kappa shape index (κ1) is 12.3. The van der Waals surface area contributed by atoms with Gasteiger partial charge in [0.1, 0.15) is 5.82 Å². The molecule has 92 valence electrons. The van der Waals surface area contributed by atoms with E-state index < -0.39 is 6.10 Å². The SMILES string of the molecule is OC(CNC1CC=CCC1)c1cccc(F)c1. The van der Waals surface area contributed by atoms with E-state index in [4.69, 9.17) is 0 Å². The molecule has 0 heterocycles. The van der Waals surface area contributed by atoms with E-state index in [9.17, 15) is 9.50 Å². The predicted octanol–water partition coefficient (Wildman–Crippen LogP) is 2.56. The van der Waals surface area contributed by atoms with Gasteiger partial charge in [0.05, 0.1) is 6.10 Å². The number of halogens is 1. The van der Waals surface area contributed by atoms with Crippen LogP contribution < -0.4 is 5.32 Å². The second-order valence-electron chi connectivity index (χ2n) is 4.46. The van der Waals surface area contributed by atoms with Crippen LogP contribution in [-0.4, -0.2) is 17.7 Å². The van der Waals surface area contributed by atoms with Crippen molar-refractivity contribution >= 4 is 0 Å². The van der Waals surface area contributed by atoms with Crippen molar-refractivity contribution in [3.8, 4) is 0 Å². The smallest absolute Gasteiger partial charge is 0.123 e. The van der Waals surface area contributed by atoms with Crippen molar-refractivity contribution in [2.24, 2.45) is 0 Å². The van der Waals surface area contributed by atoms with Gasteiger partial charge in [-0.1, -0.05) is 24.3 Å². The van der Waals surface area contributed by atoms with Crippen LogP contribution in [0.4, 0.5) is 4.39 Å². The van der Waals surface area contributed by atoms with Crippen molar-refractivity contribution in [3.05, 3.63) is 47.8 Å². The molecule has 0 aliphatic heterocycles. The van der Waals surface area contributed by atoms with Gasteiger partial charge in [0.2, 0.25) is 0 Å². The minimum Gasteiger partial charge on any atom is -0.387 e. The number of nitrogens with one attached hydrogen (secondary N) is 1. The molecule has 2 unspecified atom stereocenters. The van der Waals surface area contributed by atoms with Gasteiger partial charge < -0.3 is 10.4 Å². The molecule has 0 amide bonds. The molecule has 0 aromatic heterocycles. The van der Waals surface area contributed by atoms with E-state index in [2.05, 4.69) is 17.5 Å². The minimum absolute atomic E-state index is 0.304. The van der Waals surface area contributed by atoms with Crippen LogP contribution in [-0.2, 0) is 0 Å². The number of allylic oxidation sites excluding steroid dienone is 1. The molecule has 2 rings (SSSR count). The largest absolute Gasteiger partial charge is 0.387 e. The number of aliphatic hydroxyl groups is 1. The number of rotatable bonds is 4. The lowest BCUT2D eigenvalue weighted by Gasteiger charge is -2.21. The molecule has 17 heavy (non-hydrogen) atoms. The normalized spacial score (nSPS) is 21.4. The van der Waals surface area contributed by atoms with Crippen molar-refractivity contribution < 1.29 is 9.50 Å². The first-order valence-corrected chi connectivity index (χ1v) is 6.07. The summed E-state index contributed by atoms with van der Waals surface area (Å²) < 4.78 is 13.0. The van der Waals surface area contributed by atoms with Gasteiger partial charge in [0.15, 0.2) is 0 Å². The molecule has 1 aromatic carbocycles. The predicted molar refractivity (Wildman–Crippen MR) is 66.1 cm³/mol. The number of hydrogen-bond donors (Lipinski definition) is 2. The fourth-order valence-corrected chi connectivity index (χ4v) is 2.09. The molecule has 2 N–H and O–H groups in total. The van der Waals surface area contributed by atoms with Crippen LogP contribution >= 0.6 is 0 Å². The molecule has 1 aliphatic carbocycles. The van der Waals surface area contributed by atoms with Crippen molar-refractivity contribution in [3.63, 3.8) is 0 Å². The van der Waals surface area contributed by atoms with Crippen molar-refractivity contribution in [2.75, 3.05) is 6.54 Å². The van der Waals surface area contributed by atoms with Crippen LogP contribution in [0.5, 0.6) is 0 Å². The van der Waals surface area contributed by atoms with Crippen molar-refractivity contribution in [1.29, 1.82) is 0 Å². The van der Waals surface area contributed by atoms with Gasteiger partial charge in [-0.3, -0.25) is 0 Å². The van der Waals surface area contributed by atoms with Crippen LogP contribution in [0.15, 0.2) is 36.4 Å². The Balaban J connectivity index is 1.84. The topological polar surface area (TPSA) is 32.3 Å². The third kappa shape index (κ3) is 3.65. The first-order valence-electron chi connectivity index (χ1n) is 6.07. The standard InChI is InChI=1S/C14H18FNO/c15-12-6-4-5-11(9-12)14(17)10-16-13-7-2-1-3-8-13/h1-2,4-6,9,13-14,16-17H,3,7-8,10H2. The maximum Gasteiger partial charge on any atom is 0.123 e. The highest BCUT2D eigenvalue weighted by Gasteiger charge is 2.13. The van der Waals surface area contributed by atoms with E-state index in [1.54, 1.807) is 12.1 Å². The molecule has 1 aromatic rings. The van der Waals surface area contributed by atoms with Gasteiger partial charge in [-0.15, -0.1) is 0 Å². The summed E-state index contributed by atoms with van der Waals surface area (Å²) in [6.07, 6.45) is 6.91. The second kappa shape index (κ2) is 5.94. The highest BCUT2D eigenvalue weighted by atomic mass is 19.1. The Hall–Kier alpha value is -1.19. The van der Waals surface area contributed by atoms with E-state index in [0.29, 0.717) is 18.2 Å². The lowest BCUT2D eigenvalue weighted by molar-refractivity contribution is 0.168. The lowest BCUT2D eigenvalue weighted by atomic mass is 10.0. The summed E-state index contributed by atoms with van der Waals surface area (Å²) >= 11 is 0. The molecule has 0 fully saturated rings. The van der Waals surface area contributed by atoms with Crippen LogP contribution in [0.3, 0.4) is 0 Å². The summed E-state index contributed by atoms with van der Waals surface area (Å²) in [5.74, 6) is -0.304. The zero-order valence-electron chi connectivity index (χ0n) is 9.77. The van der Waals surface area contributed by atoms with Crippen LogP contribution in [0.1, 0.15) is 30.9 Å². The fraction of sp³-hybridized carbons (Fsp3) is 0.429. The van der Waals surface area contributed by atoms with Gasteiger partial charge in [0, 0.05) is 12.6 Å². The highest BCUT2D eigenvalue weighted by Crippen LogP contribution is 2.15. The molecule has 2 nitrogen and oxygen atoms in total. The lowest BCUT2D eigenvalue weighted by Crippen LogP contribution is -2.33. The van der Waals surface area contributed by atoms with Crippen molar-refractivity contribution in [1.82, 2.24) is 5.32 Å². The second-order valence-corrected chi connectivity index (χ2v) is 4.46.